The number of methoxy groups -OCH3 is 3. The molecule has 1 amide bonds. The molecule has 0 unspecified atom stereocenters. The second-order valence-electron chi connectivity index (χ2n) is 6.89. The molecular weight excluding hydrogens is 454 g/mol. The molecule has 1 aromatic carbocycles. The number of rotatable bonds is 6. The van der Waals surface area contributed by atoms with Crippen LogP contribution in [0.5, 0.6) is 11.5 Å². The van der Waals surface area contributed by atoms with Crippen LogP contribution in [-0.4, -0.2) is 56.4 Å². The number of hydrogen-bond donors (Lipinski definition) is 1. The standard InChI is InChI=1S/C21H23N3O6S2/c1-5-30-21(26)24-7-6-12-15(10-24)31-18(16(12)19(25)29-4)23-20-22-17-13(28-3)8-11(27-2)9-14(17)32-20/h8-9H,5-7,10H2,1-4H3,(H,22,23). The van der Waals surface area contributed by atoms with Crippen molar-refractivity contribution in [3.63, 3.8) is 0 Å². The van der Waals surface area contributed by atoms with Gasteiger partial charge >= 0.3 is 12.1 Å². The first kappa shape index (κ1) is 22.2. The SMILES string of the molecule is CCOC(=O)N1CCc2c(sc(Nc3nc4c(OC)cc(OC)cc4s3)c2C(=O)OC)C1. The number of anilines is 2. The topological polar surface area (TPSA) is 99.2 Å². The molecule has 9 nitrogen and oxygen atoms in total. The number of carbonyl (C=O) groups excluding carboxylic acids is 2. The third-order valence-electron chi connectivity index (χ3n) is 5.08. The molecule has 170 valence electrons. The number of amides is 1. The molecule has 4 rings (SSSR count). The number of benzene rings is 1. The molecule has 0 spiro atoms. The molecule has 0 aliphatic carbocycles. The highest BCUT2D eigenvalue weighted by molar-refractivity contribution is 7.23. The maximum Gasteiger partial charge on any atom is 0.410 e. The lowest BCUT2D eigenvalue weighted by Crippen LogP contribution is -2.36. The van der Waals surface area contributed by atoms with E-state index in [4.69, 9.17) is 18.9 Å². The molecule has 3 heterocycles. The summed E-state index contributed by atoms with van der Waals surface area (Å²) in [5, 5.41) is 4.53. The first-order valence-electron chi connectivity index (χ1n) is 9.93. The molecule has 2 aromatic heterocycles. The number of aromatic nitrogens is 1. The van der Waals surface area contributed by atoms with Crippen LogP contribution in [0.25, 0.3) is 10.2 Å². The van der Waals surface area contributed by atoms with E-state index in [9.17, 15) is 9.59 Å². The number of ether oxygens (including phenoxy) is 4. The highest BCUT2D eigenvalue weighted by Crippen LogP contribution is 2.42. The number of fused-ring (bicyclic) bond motifs is 2. The zero-order chi connectivity index (χ0) is 22.8. The molecule has 1 aliphatic heterocycles. The summed E-state index contributed by atoms with van der Waals surface area (Å²) >= 11 is 2.84. The van der Waals surface area contributed by atoms with Gasteiger partial charge in [-0.2, -0.15) is 0 Å². The molecule has 0 fully saturated rings. The first-order chi connectivity index (χ1) is 15.5. The van der Waals surface area contributed by atoms with Crippen LogP contribution in [0, 0.1) is 0 Å². The fourth-order valence-corrected chi connectivity index (χ4v) is 5.81. The van der Waals surface area contributed by atoms with E-state index in [0.29, 0.717) is 58.8 Å². The summed E-state index contributed by atoms with van der Waals surface area (Å²) in [6, 6.07) is 3.66. The number of thiophene rings is 1. The molecule has 11 heteroatoms. The molecule has 0 radical (unpaired) electrons. The van der Waals surface area contributed by atoms with Crippen molar-refractivity contribution in [2.75, 3.05) is 39.8 Å². The predicted octanol–water partition coefficient (Wildman–Crippen LogP) is 4.42. The number of nitrogens with one attached hydrogen (secondary N) is 1. The molecule has 3 aromatic rings. The fraction of sp³-hybridized carbons (Fsp3) is 0.381. The summed E-state index contributed by atoms with van der Waals surface area (Å²) in [7, 11) is 4.54. The van der Waals surface area contributed by atoms with Crippen LogP contribution in [0.2, 0.25) is 0 Å². The van der Waals surface area contributed by atoms with Crippen LogP contribution < -0.4 is 14.8 Å². The quantitative estimate of drug-likeness (QED) is 0.521. The van der Waals surface area contributed by atoms with E-state index in [-0.39, 0.29) is 6.09 Å². The highest BCUT2D eigenvalue weighted by Gasteiger charge is 2.31. The largest absolute Gasteiger partial charge is 0.497 e. The Morgan fingerprint density at radius 3 is 2.69 bits per heavy atom. The van der Waals surface area contributed by atoms with Gasteiger partial charge in [0.05, 0.1) is 44.7 Å². The van der Waals surface area contributed by atoms with Crippen molar-refractivity contribution >= 4 is 55.1 Å². The zero-order valence-electron chi connectivity index (χ0n) is 18.1. The third-order valence-corrected chi connectivity index (χ3v) is 7.13. The summed E-state index contributed by atoms with van der Waals surface area (Å²) in [5.74, 6) is 0.854. The second kappa shape index (κ2) is 9.21. The average Bonchev–Trinajstić information content (AvgIpc) is 3.37. The maximum absolute atomic E-state index is 12.6. The third kappa shape index (κ3) is 4.05. The Hall–Kier alpha value is -3.05. The molecule has 1 N–H and O–H groups in total. The monoisotopic (exact) mass is 477 g/mol. The Morgan fingerprint density at radius 2 is 2.00 bits per heavy atom. The van der Waals surface area contributed by atoms with Crippen molar-refractivity contribution < 1.29 is 28.5 Å². The maximum atomic E-state index is 12.6. The minimum atomic E-state index is -0.421. The molecule has 0 atom stereocenters. The predicted molar refractivity (Wildman–Crippen MR) is 123 cm³/mol. The number of carbonyl (C=O) groups is 2. The van der Waals surface area contributed by atoms with Crippen molar-refractivity contribution in [1.29, 1.82) is 0 Å². The Labute approximate surface area is 192 Å². The van der Waals surface area contributed by atoms with Crippen LogP contribution in [0.1, 0.15) is 27.7 Å². The molecule has 32 heavy (non-hydrogen) atoms. The van der Waals surface area contributed by atoms with E-state index in [2.05, 4.69) is 10.3 Å². The molecule has 0 bridgehead atoms. The normalized spacial score (nSPS) is 12.9. The van der Waals surface area contributed by atoms with Gasteiger partial charge in [0.25, 0.3) is 0 Å². The second-order valence-corrected chi connectivity index (χ2v) is 9.03. The van der Waals surface area contributed by atoms with Crippen LogP contribution in [0.15, 0.2) is 12.1 Å². The van der Waals surface area contributed by atoms with E-state index in [0.717, 1.165) is 15.1 Å². The molecule has 0 saturated heterocycles. The average molecular weight is 478 g/mol. The van der Waals surface area contributed by atoms with Gasteiger partial charge in [-0.1, -0.05) is 11.3 Å². The Balaban J connectivity index is 1.70. The van der Waals surface area contributed by atoms with Gasteiger partial charge < -0.3 is 29.2 Å². The van der Waals surface area contributed by atoms with Crippen molar-refractivity contribution in [2.24, 2.45) is 0 Å². The van der Waals surface area contributed by atoms with Gasteiger partial charge in [-0.25, -0.2) is 14.6 Å². The van der Waals surface area contributed by atoms with Crippen LogP contribution in [0.4, 0.5) is 14.9 Å². The van der Waals surface area contributed by atoms with Crippen LogP contribution >= 0.6 is 22.7 Å². The number of esters is 1. The van der Waals surface area contributed by atoms with Gasteiger partial charge in [0.2, 0.25) is 0 Å². The van der Waals surface area contributed by atoms with Gasteiger partial charge in [0.15, 0.2) is 5.13 Å². The van der Waals surface area contributed by atoms with E-state index in [1.54, 1.807) is 32.1 Å². The summed E-state index contributed by atoms with van der Waals surface area (Å²) < 4.78 is 21.8. The van der Waals surface area contributed by atoms with Gasteiger partial charge in [-0.05, 0) is 25.0 Å². The summed E-state index contributed by atoms with van der Waals surface area (Å²) in [6.07, 6.45) is 0.189. The van der Waals surface area contributed by atoms with Gasteiger partial charge in [-0.3, -0.25) is 0 Å². The number of thiazole rings is 1. The Bertz CT molecular complexity index is 1170. The van der Waals surface area contributed by atoms with E-state index in [1.165, 1.54) is 29.8 Å². The Kier molecular flexibility index (Phi) is 6.38. The lowest BCUT2D eigenvalue weighted by molar-refractivity contribution is 0.0600. The zero-order valence-corrected chi connectivity index (χ0v) is 19.8. The van der Waals surface area contributed by atoms with Gasteiger partial charge in [0.1, 0.15) is 22.0 Å². The highest BCUT2D eigenvalue weighted by atomic mass is 32.1. The van der Waals surface area contributed by atoms with Crippen molar-refractivity contribution in [3.8, 4) is 11.5 Å². The lowest BCUT2D eigenvalue weighted by atomic mass is 10.0. The summed E-state index contributed by atoms with van der Waals surface area (Å²) in [4.78, 5) is 32.0. The summed E-state index contributed by atoms with van der Waals surface area (Å²) in [6.45, 7) is 2.95. The fourth-order valence-electron chi connectivity index (χ4n) is 3.58. The molecule has 1 aliphatic rings. The van der Waals surface area contributed by atoms with Crippen molar-refractivity contribution in [3.05, 3.63) is 28.1 Å². The van der Waals surface area contributed by atoms with Crippen LogP contribution in [0.3, 0.4) is 0 Å². The van der Waals surface area contributed by atoms with E-state index in [1.807, 2.05) is 6.07 Å². The Morgan fingerprint density at radius 1 is 1.19 bits per heavy atom. The summed E-state index contributed by atoms with van der Waals surface area (Å²) in [5.41, 5.74) is 2.08. The minimum Gasteiger partial charge on any atom is -0.497 e. The van der Waals surface area contributed by atoms with Crippen molar-refractivity contribution in [1.82, 2.24) is 9.88 Å². The minimum absolute atomic E-state index is 0.318. The lowest BCUT2D eigenvalue weighted by Gasteiger charge is -2.26. The molecule has 0 saturated carbocycles. The van der Waals surface area contributed by atoms with Gasteiger partial charge in [0, 0.05) is 17.5 Å². The number of nitrogens with zero attached hydrogens (tertiary/aromatic N) is 2. The van der Waals surface area contributed by atoms with E-state index < -0.39 is 5.97 Å². The van der Waals surface area contributed by atoms with Crippen LogP contribution in [-0.2, 0) is 22.4 Å². The van der Waals surface area contributed by atoms with E-state index >= 15 is 0 Å². The number of hydrogen-bond acceptors (Lipinski definition) is 10. The van der Waals surface area contributed by atoms with Gasteiger partial charge in [-0.15, -0.1) is 11.3 Å². The smallest absolute Gasteiger partial charge is 0.410 e. The molecular formula is C21H23N3O6S2. The van der Waals surface area contributed by atoms with Crippen molar-refractivity contribution in [2.45, 2.75) is 19.9 Å². The first-order valence-corrected chi connectivity index (χ1v) is 11.6.